The van der Waals surface area contributed by atoms with E-state index in [4.69, 9.17) is 31.6 Å². The van der Waals surface area contributed by atoms with Gasteiger partial charge in [-0.3, -0.25) is 9.98 Å². The fourth-order valence-electron chi connectivity index (χ4n) is 1.73. The molecule has 0 aliphatic rings. The van der Waals surface area contributed by atoms with Crippen LogP contribution in [0.25, 0.3) is 10.8 Å². The molecule has 2 radical (unpaired) electrons. The van der Waals surface area contributed by atoms with E-state index in [2.05, 4.69) is 51.8 Å². The third-order valence-electron chi connectivity index (χ3n) is 3.06. The Bertz CT molecular complexity index is 1080. The van der Waals surface area contributed by atoms with Gasteiger partial charge in [-0.25, -0.2) is 0 Å². The summed E-state index contributed by atoms with van der Waals surface area (Å²) in [4.78, 5) is 12.9. The van der Waals surface area contributed by atoms with Gasteiger partial charge in [-0.05, 0) is 35.4 Å². The van der Waals surface area contributed by atoms with Crippen molar-refractivity contribution in [1.29, 1.82) is 10.5 Å². The third-order valence-corrected chi connectivity index (χ3v) is 4.05. The molecule has 206 valence electrons. The average molecular weight is 745 g/mol. The van der Waals surface area contributed by atoms with E-state index in [0.717, 1.165) is 8.95 Å². The van der Waals surface area contributed by atoms with Gasteiger partial charge < -0.3 is 41.2 Å². The van der Waals surface area contributed by atoms with E-state index in [1.54, 1.807) is 24.3 Å². The average Bonchev–Trinajstić information content (AvgIpc) is 2.86. The fourth-order valence-corrected chi connectivity index (χ4v) is 2.48. The molecule has 12 nitrogen and oxygen atoms in total. The Kier molecular flexibility index (Phi) is 33.6. The van der Waals surface area contributed by atoms with Crippen molar-refractivity contribution < 1.29 is 54.6 Å². The first kappa shape index (κ1) is 42.1. The number of halogens is 2. The first-order chi connectivity index (χ1) is 17.3. The first-order valence-electron chi connectivity index (χ1n) is 9.41. The van der Waals surface area contributed by atoms with Gasteiger partial charge in [0.25, 0.3) is 0 Å². The Morgan fingerprint density at radius 3 is 1.34 bits per heavy atom. The second-order valence-corrected chi connectivity index (χ2v) is 7.34. The molecule has 16 heteroatoms. The molecule has 38 heavy (non-hydrogen) atoms. The summed E-state index contributed by atoms with van der Waals surface area (Å²) in [6.45, 7) is 0.648. The van der Waals surface area contributed by atoms with Crippen LogP contribution in [0.15, 0.2) is 65.3 Å². The summed E-state index contributed by atoms with van der Waals surface area (Å²) in [5.74, 6) is -0.130. The van der Waals surface area contributed by atoms with Crippen molar-refractivity contribution in [3.63, 3.8) is 0 Å². The maximum Gasteiger partial charge on any atom is 2.00 e. The molecule has 0 unspecified atom stereocenters. The van der Waals surface area contributed by atoms with Crippen LogP contribution in [0.2, 0.25) is 0 Å². The van der Waals surface area contributed by atoms with Crippen LogP contribution in [0.1, 0.15) is 11.1 Å². The molecule has 0 aliphatic carbocycles. The molecule has 2 rings (SSSR count). The van der Waals surface area contributed by atoms with Crippen molar-refractivity contribution in [3.05, 3.63) is 67.3 Å². The summed E-state index contributed by atoms with van der Waals surface area (Å²) in [6.07, 6.45) is 5.51. The molecule has 0 atom stereocenters. The number of hydrogen-bond donors (Lipinski definition) is 2. The van der Waals surface area contributed by atoms with E-state index in [-0.39, 0.29) is 58.9 Å². The second-order valence-electron chi connectivity index (χ2n) is 5.51. The molecule has 0 amide bonds. The van der Waals surface area contributed by atoms with Crippen molar-refractivity contribution in [2.45, 2.75) is 0 Å². The molecule has 2 aromatic carbocycles. The van der Waals surface area contributed by atoms with Crippen LogP contribution in [0.3, 0.4) is 0 Å². The smallest absolute Gasteiger partial charge is 0.872 e. The topological polar surface area (TPSA) is 228 Å². The minimum atomic E-state index is -0.0649. The fraction of sp³-hybridized carbons (Fsp3) is 0.182. The number of aliphatic hydroxyl groups is 2. The van der Waals surface area contributed by atoms with Crippen molar-refractivity contribution in [3.8, 4) is 23.9 Å². The first-order valence-corrected chi connectivity index (χ1v) is 11.0. The van der Waals surface area contributed by atoms with Crippen LogP contribution in [0.4, 0.5) is 0 Å². The van der Waals surface area contributed by atoms with Crippen LogP contribution in [0.5, 0.6) is 11.5 Å². The zero-order chi connectivity index (χ0) is 27.6. The summed E-state index contributed by atoms with van der Waals surface area (Å²) in [7, 11) is 0. The van der Waals surface area contributed by atoms with Crippen LogP contribution >= 0.6 is 31.9 Å². The predicted molar refractivity (Wildman–Crippen MR) is 139 cm³/mol. The van der Waals surface area contributed by atoms with Gasteiger partial charge in [0.1, 0.15) is 0 Å². The SMILES string of the molecule is N#CN=C=[N-].N#CN=C=[N-].[Cu+2].[Cu+2].[O-]c1ccc(Br)cc1C=NCCO.[O-]c1ccc(Br)cc1C=NCCO. The Labute approximate surface area is 257 Å². The molecule has 0 saturated heterocycles. The Balaban J connectivity index is -0.000000218. The van der Waals surface area contributed by atoms with Crippen LogP contribution in [-0.4, -0.2) is 61.0 Å². The zero-order valence-electron chi connectivity index (χ0n) is 19.1. The van der Waals surface area contributed by atoms with Crippen molar-refractivity contribution in [1.82, 2.24) is 0 Å². The molecule has 0 aromatic heterocycles. The number of benzene rings is 2. The molecule has 0 spiro atoms. The number of rotatable bonds is 6. The molecule has 0 saturated carbocycles. The van der Waals surface area contributed by atoms with Gasteiger partial charge in [-0.2, -0.15) is 10.5 Å². The number of nitriles is 2. The zero-order valence-corrected chi connectivity index (χ0v) is 24.2. The number of nitrogens with zero attached hydrogens (tertiary/aromatic N) is 8. The van der Waals surface area contributed by atoms with Crippen LogP contribution in [-0.2, 0) is 34.1 Å². The predicted octanol–water partition coefficient (Wildman–Crippen LogP) is 2.28. The summed E-state index contributed by atoms with van der Waals surface area (Å²) in [5, 5.41) is 69.0. The van der Waals surface area contributed by atoms with E-state index in [9.17, 15) is 10.2 Å². The monoisotopic (exact) mass is 742 g/mol. The maximum atomic E-state index is 11.2. The quantitative estimate of drug-likeness (QED) is 0.256. The Hall–Kier alpha value is -2.96. The molecule has 2 aromatic rings. The molecular weight excluding hydrogens is 727 g/mol. The number of hydrogen-bond acceptors (Lipinski definition) is 10. The summed E-state index contributed by atoms with van der Waals surface area (Å²) < 4.78 is 1.69. The maximum absolute atomic E-state index is 11.2. The largest absolute Gasteiger partial charge is 2.00 e. The van der Waals surface area contributed by atoms with Crippen molar-refractivity contribution >= 4 is 56.3 Å². The third kappa shape index (κ3) is 24.7. The summed E-state index contributed by atoms with van der Waals surface area (Å²) in [5.41, 5.74) is 1.06. The minimum absolute atomic E-state index is 0. The number of aliphatic imine (C=N–C) groups is 4. The summed E-state index contributed by atoms with van der Waals surface area (Å²) >= 11 is 6.51. The van der Waals surface area contributed by atoms with E-state index in [1.165, 1.54) is 49.0 Å². The molecule has 0 heterocycles. The van der Waals surface area contributed by atoms with E-state index in [1.807, 2.05) is 0 Å². The Morgan fingerprint density at radius 2 is 1.11 bits per heavy atom. The summed E-state index contributed by atoms with van der Waals surface area (Å²) in [6, 6.07) is 12.3. The van der Waals surface area contributed by atoms with E-state index in [0.29, 0.717) is 24.2 Å². The van der Waals surface area contributed by atoms with Gasteiger partial charge in [0, 0.05) is 21.4 Å². The second kappa shape index (κ2) is 30.3. The molecular formula is C22H18Br2Cu2N8O4. The normalized spacial score (nSPS) is 8.47. The minimum Gasteiger partial charge on any atom is -0.872 e. The van der Waals surface area contributed by atoms with Crippen LogP contribution < -0.4 is 10.2 Å². The standard InChI is InChI=1S/2C9H10BrNO2.2C2N3.2Cu/c2*10-8-1-2-9(13)7(5-8)6-11-3-4-12;2*3-1-5-2-4;;/h2*1-2,5-6,12-13H,3-4H2;;;;/q;;2*-1;2*+2/p-2. The van der Waals surface area contributed by atoms with E-state index < -0.39 is 0 Å². The molecule has 2 N–H and O–H groups in total. The van der Waals surface area contributed by atoms with Gasteiger partial charge in [0.2, 0.25) is 0 Å². The number of aliphatic hydroxyl groups excluding tert-OH is 2. The van der Waals surface area contributed by atoms with Crippen molar-refractivity contribution in [2.24, 2.45) is 20.0 Å². The molecule has 0 bridgehead atoms. The molecule has 0 aliphatic heterocycles. The Morgan fingerprint density at radius 1 is 0.763 bits per heavy atom. The van der Waals surface area contributed by atoms with E-state index >= 15 is 0 Å². The molecule has 0 fully saturated rings. The van der Waals surface area contributed by atoms with Crippen molar-refractivity contribution in [2.75, 3.05) is 26.3 Å². The van der Waals surface area contributed by atoms with Gasteiger partial charge in [0.15, 0.2) is 0 Å². The van der Waals surface area contributed by atoms with Crippen LogP contribution in [0, 0.1) is 22.9 Å². The van der Waals surface area contributed by atoms with Gasteiger partial charge in [-0.15, -0.1) is 12.0 Å². The van der Waals surface area contributed by atoms with Gasteiger partial charge in [-0.1, -0.05) is 55.5 Å². The van der Waals surface area contributed by atoms with Gasteiger partial charge in [0.05, 0.1) is 38.7 Å². The van der Waals surface area contributed by atoms with Gasteiger partial charge >= 0.3 is 34.1 Å².